The SMILES string of the molecule is C=CCN(CC1=CCC2CN(S(=O)(=O)c3ccc(C)cc3)CC2=C1)S(=O)(=O)c1ccc(C)cc1. The number of hydrogen-bond acceptors (Lipinski definition) is 4. The smallest absolute Gasteiger partial charge is 0.207 e. The molecule has 180 valence electrons. The minimum absolute atomic E-state index is 0.116. The predicted molar refractivity (Wildman–Crippen MR) is 134 cm³/mol. The summed E-state index contributed by atoms with van der Waals surface area (Å²) in [4.78, 5) is 0.546. The summed E-state index contributed by atoms with van der Waals surface area (Å²) in [5.41, 5.74) is 3.90. The van der Waals surface area contributed by atoms with E-state index in [1.807, 2.05) is 26.0 Å². The van der Waals surface area contributed by atoms with Gasteiger partial charge in [0.05, 0.1) is 9.79 Å². The summed E-state index contributed by atoms with van der Waals surface area (Å²) in [6.45, 7) is 8.72. The van der Waals surface area contributed by atoms with Gasteiger partial charge in [-0.2, -0.15) is 8.61 Å². The van der Waals surface area contributed by atoms with Crippen LogP contribution in [-0.2, 0) is 20.0 Å². The molecule has 6 nitrogen and oxygen atoms in total. The average Bonchev–Trinajstić information content (AvgIpc) is 3.24. The van der Waals surface area contributed by atoms with Crippen LogP contribution in [0.3, 0.4) is 0 Å². The van der Waals surface area contributed by atoms with E-state index >= 15 is 0 Å². The van der Waals surface area contributed by atoms with E-state index in [0.29, 0.717) is 24.4 Å². The van der Waals surface area contributed by atoms with Crippen LogP contribution < -0.4 is 0 Å². The van der Waals surface area contributed by atoms with Gasteiger partial charge in [0.2, 0.25) is 20.0 Å². The number of aryl methyl sites for hydroxylation is 2. The molecule has 34 heavy (non-hydrogen) atoms. The maximum absolute atomic E-state index is 13.2. The molecule has 1 unspecified atom stereocenters. The van der Waals surface area contributed by atoms with Crippen LogP contribution >= 0.6 is 0 Å². The lowest BCUT2D eigenvalue weighted by Gasteiger charge is -2.24. The average molecular weight is 499 g/mol. The molecule has 4 rings (SSSR count). The number of allylic oxidation sites excluding steroid dienone is 1. The highest BCUT2D eigenvalue weighted by Gasteiger charge is 2.36. The highest BCUT2D eigenvalue weighted by molar-refractivity contribution is 7.89. The van der Waals surface area contributed by atoms with Crippen LogP contribution in [0.15, 0.2) is 94.3 Å². The van der Waals surface area contributed by atoms with E-state index in [9.17, 15) is 16.8 Å². The highest BCUT2D eigenvalue weighted by atomic mass is 32.2. The van der Waals surface area contributed by atoms with Crippen LogP contribution in [0.25, 0.3) is 0 Å². The van der Waals surface area contributed by atoms with Gasteiger partial charge in [0.25, 0.3) is 0 Å². The van der Waals surface area contributed by atoms with Crippen molar-refractivity contribution in [3.05, 3.63) is 95.6 Å². The largest absolute Gasteiger partial charge is 0.243 e. The molecule has 0 amide bonds. The monoisotopic (exact) mass is 498 g/mol. The van der Waals surface area contributed by atoms with E-state index in [1.54, 1.807) is 54.6 Å². The Morgan fingerprint density at radius 3 is 2.15 bits per heavy atom. The zero-order chi connectivity index (χ0) is 24.5. The van der Waals surface area contributed by atoms with Crippen molar-refractivity contribution >= 4 is 20.0 Å². The van der Waals surface area contributed by atoms with Crippen LogP contribution in [0.2, 0.25) is 0 Å². The third kappa shape index (κ3) is 4.95. The van der Waals surface area contributed by atoms with Gasteiger partial charge < -0.3 is 0 Å². The summed E-state index contributed by atoms with van der Waals surface area (Å²) in [6, 6.07) is 13.7. The molecule has 2 aromatic rings. The molecule has 1 heterocycles. The van der Waals surface area contributed by atoms with E-state index in [0.717, 1.165) is 22.3 Å². The maximum Gasteiger partial charge on any atom is 0.243 e. The predicted octanol–water partition coefficient (Wildman–Crippen LogP) is 4.06. The standard InChI is InChI=1S/C26H30N2O4S2/c1-4-15-27(33(29,30)25-11-5-20(2)6-12-25)17-22-9-10-23-18-28(19-24(23)16-22)34(31,32)26-13-7-21(3)8-14-26/h4-9,11-14,16,23H,1,10,15,17-19H2,2-3H3. The van der Waals surface area contributed by atoms with Gasteiger partial charge >= 0.3 is 0 Å². The molecule has 0 radical (unpaired) electrons. The van der Waals surface area contributed by atoms with Crippen LogP contribution in [-0.4, -0.2) is 51.6 Å². The molecule has 0 aromatic heterocycles. The van der Waals surface area contributed by atoms with E-state index in [1.165, 1.54) is 8.61 Å². The number of hydrogen-bond donors (Lipinski definition) is 0. The van der Waals surface area contributed by atoms with E-state index in [4.69, 9.17) is 0 Å². The summed E-state index contributed by atoms with van der Waals surface area (Å²) in [5, 5.41) is 0. The molecule has 2 aliphatic rings. The fraction of sp³-hybridized carbons (Fsp3) is 0.308. The summed E-state index contributed by atoms with van der Waals surface area (Å²) in [5.74, 6) is 0.116. The molecule has 1 aliphatic carbocycles. The first-order valence-electron chi connectivity index (χ1n) is 11.3. The second-order valence-electron chi connectivity index (χ2n) is 8.94. The fourth-order valence-corrected chi connectivity index (χ4v) is 7.22. The Kier molecular flexibility index (Phi) is 6.96. The first kappa shape index (κ1) is 24.6. The molecule has 0 saturated carbocycles. The molecule has 1 aliphatic heterocycles. The van der Waals surface area contributed by atoms with Gasteiger partial charge in [0.15, 0.2) is 0 Å². The summed E-state index contributed by atoms with van der Waals surface area (Å²) >= 11 is 0. The van der Waals surface area contributed by atoms with Crippen molar-refractivity contribution in [2.45, 2.75) is 30.1 Å². The van der Waals surface area contributed by atoms with E-state index in [-0.39, 0.29) is 23.9 Å². The summed E-state index contributed by atoms with van der Waals surface area (Å²) < 4.78 is 55.7. The Hall–Kier alpha value is -2.52. The lowest BCUT2D eigenvalue weighted by molar-refractivity contribution is 0.455. The number of rotatable bonds is 8. The van der Waals surface area contributed by atoms with E-state index < -0.39 is 20.0 Å². The Morgan fingerprint density at radius 1 is 0.971 bits per heavy atom. The molecule has 8 heteroatoms. The molecule has 1 saturated heterocycles. The second kappa shape index (κ2) is 9.62. The van der Waals surface area contributed by atoms with Gasteiger partial charge in [0.1, 0.15) is 0 Å². The van der Waals surface area contributed by atoms with Crippen LogP contribution in [0, 0.1) is 19.8 Å². The minimum atomic E-state index is -3.69. The number of fused-ring (bicyclic) bond motifs is 1. The third-order valence-electron chi connectivity index (χ3n) is 6.35. The van der Waals surface area contributed by atoms with Gasteiger partial charge in [-0.3, -0.25) is 0 Å². The van der Waals surface area contributed by atoms with Gasteiger partial charge in [-0.25, -0.2) is 16.8 Å². The molecular formula is C26H30N2O4S2. The lowest BCUT2D eigenvalue weighted by atomic mass is 9.91. The minimum Gasteiger partial charge on any atom is -0.207 e. The molecule has 2 aromatic carbocycles. The fourth-order valence-electron chi connectivity index (χ4n) is 4.35. The van der Waals surface area contributed by atoms with Crippen LogP contribution in [0.1, 0.15) is 17.5 Å². The van der Waals surface area contributed by atoms with Crippen molar-refractivity contribution in [3.63, 3.8) is 0 Å². The summed E-state index contributed by atoms with van der Waals surface area (Å²) in [6.07, 6.45) is 6.26. The quantitative estimate of drug-likeness (QED) is 0.515. The highest BCUT2D eigenvalue weighted by Crippen LogP contribution is 2.35. The topological polar surface area (TPSA) is 74.8 Å². The Morgan fingerprint density at radius 2 is 1.56 bits per heavy atom. The maximum atomic E-state index is 13.2. The molecular weight excluding hydrogens is 468 g/mol. The van der Waals surface area contributed by atoms with Crippen molar-refractivity contribution in [2.24, 2.45) is 5.92 Å². The van der Waals surface area contributed by atoms with Gasteiger partial charge in [-0.1, -0.05) is 59.2 Å². The second-order valence-corrected chi connectivity index (χ2v) is 12.8. The van der Waals surface area contributed by atoms with Crippen LogP contribution in [0.5, 0.6) is 0 Å². The first-order valence-corrected chi connectivity index (χ1v) is 14.1. The normalized spacial score (nSPS) is 19.0. The molecule has 1 atom stereocenters. The van der Waals surface area contributed by atoms with Crippen molar-refractivity contribution in [1.29, 1.82) is 0 Å². The number of benzene rings is 2. The van der Waals surface area contributed by atoms with Gasteiger partial charge in [-0.05, 0) is 56.0 Å². The first-order chi connectivity index (χ1) is 16.1. The summed E-state index contributed by atoms with van der Waals surface area (Å²) in [7, 11) is -7.27. The third-order valence-corrected chi connectivity index (χ3v) is 10.0. The zero-order valence-corrected chi connectivity index (χ0v) is 21.1. The van der Waals surface area contributed by atoms with E-state index in [2.05, 4.69) is 6.58 Å². The zero-order valence-electron chi connectivity index (χ0n) is 19.5. The Balaban J connectivity index is 1.52. The molecule has 0 N–H and O–H groups in total. The lowest BCUT2D eigenvalue weighted by Crippen LogP contribution is -2.33. The van der Waals surface area contributed by atoms with Crippen molar-refractivity contribution in [2.75, 3.05) is 26.2 Å². The van der Waals surface area contributed by atoms with Crippen molar-refractivity contribution in [1.82, 2.24) is 8.61 Å². The molecule has 0 spiro atoms. The van der Waals surface area contributed by atoms with Crippen molar-refractivity contribution < 1.29 is 16.8 Å². The van der Waals surface area contributed by atoms with Crippen molar-refractivity contribution in [3.8, 4) is 0 Å². The van der Waals surface area contributed by atoms with Gasteiger partial charge in [-0.15, -0.1) is 6.58 Å². The Bertz CT molecular complexity index is 1340. The van der Waals surface area contributed by atoms with Gasteiger partial charge in [0, 0.05) is 26.2 Å². The number of sulfonamides is 2. The van der Waals surface area contributed by atoms with Crippen LogP contribution in [0.4, 0.5) is 0 Å². The Labute approximate surface area is 203 Å². The number of nitrogens with zero attached hydrogens (tertiary/aromatic N) is 2. The molecule has 0 bridgehead atoms. The molecule has 1 fully saturated rings.